The number of carbonyl (C=O) groups excluding carboxylic acids is 2. The third kappa shape index (κ3) is 4.83. The Bertz CT molecular complexity index is 1040. The van der Waals surface area contributed by atoms with Crippen LogP contribution in [0.5, 0.6) is 0 Å². The number of halogens is 1. The number of hydrogen-bond donors (Lipinski definition) is 1. The third-order valence-electron chi connectivity index (χ3n) is 4.88. The van der Waals surface area contributed by atoms with Crippen LogP contribution in [0.4, 0.5) is 11.4 Å². The number of thioether (sulfide) groups is 1. The molecule has 0 spiro atoms. The van der Waals surface area contributed by atoms with Gasteiger partial charge < -0.3 is 10.2 Å². The predicted octanol–water partition coefficient (Wildman–Crippen LogP) is 5.02. The summed E-state index contributed by atoms with van der Waals surface area (Å²) in [5.41, 5.74) is 2.52. The van der Waals surface area contributed by atoms with E-state index in [2.05, 4.69) is 10.3 Å². The molecular weight excluding hydrogens is 418 g/mol. The van der Waals surface area contributed by atoms with E-state index in [4.69, 9.17) is 11.6 Å². The number of rotatable bonds is 6. The average Bonchev–Trinajstić information content (AvgIpc) is 3.15. The third-order valence-corrected chi connectivity index (χ3v) is 6.15. The molecule has 1 saturated heterocycles. The number of carbonyl (C=O) groups is 2. The van der Waals surface area contributed by atoms with Crippen molar-refractivity contribution in [3.8, 4) is 0 Å². The Morgan fingerprint density at radius 3 is 2.73 bits per heavy atom. The lowest BCUT2D eigenvalue weighted by molar-refractivity contribution is -0.129. The summed E-state index contributed by atoms with van der Waals surface area (Å²) in [7, 11) is 0. The van der Waals surface area contributed by atoms with Gasteiger partial charge in [0.05, 0.1) is 5.03 Å². The normalized spacial score (nSPS) is 16.0. The highest BCUT2D eigenvalue weighted by atomic mass is 35.5. The van der Waals surface area contributed by atoms with Gasteiger partial charge in [-0.05, 0) is 60.5 Å². The molecule has 5 nitrogen and oxygen atoms in total. The lowest BCUT2D eigenvalue weighted by Crippen LogP contribution is -2.33. The summed E-state index contributed by atoms with van der Waals surface area (Å²) in [5, 5.41) is 4.46. The van der Waals surface area contributed by atoms with Crippen LogP contribution in [0.3, 0.4) is 0 Å². The van der Waals surface area contributed by atoms with Gasteiger partial charge in [-0.3, -0.25) is 9.59 Å². The zero-order chi connectivity index (χ0) is 20.9. The number of anilines is 2. The van der Waals surface area contributed by atoms with E-state index in [9.17, 15) is 9.59 Å². The number of hydrogen-bond acceptors (Lipinski definition) is 4. The molecule has 2 aromatic carbocycles. The molecule has 30 heavy (non-hydrogen) atoms. The van der Waals surface area contributed by atoms with Crippen molar-refractivity contribution in [2.75, 3.05) is 16.8 Å². The summed E-state index contributed by atoms with van der Waals surface area (Å²) in [6.07, 6.45) is 2.26. The number of aromatic nitrogens is 1. The maximum Gasteiger partial charge on any atom is 0.239 e. The Morgan fingerprint density at radius 2 is 1.97 bits per heavy atom. The van der Waals surface area contributed by atoms with E-state index in [1.54, 1.807) is 47.1 Å². The predicted molar refractivity (Wildman–Crippen MR) is 121 cm³/mol. The molecule has 1 aliphatic rings. The fraction of sp³-hybridized carbons (Fsp3) is 0.174. The molecule has 0 aliphatic carbocycles. The lowest BCUT2D eigenvalue weighted by Gasteiger charge is -2.17. The van der Waals surface area contributed by atoms with Crippen molar-refractivity contribution in [2.24, 2.45) is 5.92 Å². The standard InChI is InChI=1S/C23H20ClN3O2S/c24-17-7-9-19(10-8-17)27-13-11-20(23(27)29)22(28)26-18-5-3-4-16(14-18)15-30-21-6-1-2-12-25-21/h1-10,12,14,20H,11,13,15H2,(H,26,28). The smallest absolute Gasteiger partial charge is 0.239 e. The SMILES string of the molecule is O=C(Nc1cccc(CSc2ccccn2)c1)C1CCN(c2ccc(Cl)cc2)C1=O. The van der Waals surface area contributed by atoms with Crippen molar-refractivity contribution < 1.29 is 9.59 Å². The van der Waals surface area contributed by atoms with Crippen molar-refractivity contribution in [2.45, 2.75) is 17.2 Å². The van der Waals surface area contributed by atoms with E-state index >= 15 is 0 Å². The fourth-order valence-electron chi connectivity index (χ4n) is 3.36. The van der Waals surface area contributed by atoms with E-state index in [0.29, 0.717) is 23.7 Å². The number of pyridine rings is 1. The van der Waals surface area contributed by atoms with Crippen LogP contribution in [0.15, 0.2) is 78.0 Å². The zero-order valence-corrected chi connectivity index (χ0v) is 17.7. The minimum absolute atomic E-state index is 0.184. The maximum atomic E-state index is 12.8. The van der Waals surface area contributed by atoms with E-state index < -0.39 is 5.92 Å². The van der Waals surface area contributed by atoms with Crippen molar-refractivity contribution in [1.29, 1.82) is 0 Å². The Kier molecular flexibility index (Phi) is 6.35. The quantitative estimate of drug-likeness (QED) is 0.434. The molecule has 1 atom stereocenters. The largest absolute Gasteiger partial charge is 0.325 e. The van der Waals surface area contributed by atoms with Crippen LogP contribution in [0.2, 0.25) is 5.02 Å². The number of nitrogens with one attached hydrogen (secondary N) is 1. The fourth-order valence-corrected chi connectivity index (χ4v) is 4.29. The monoisotopic (exact) mass is 437 g/mol. The highest BCUT2D eigenvalue weighted by Gasteiger charge is 2.37. The summed E-state index contributed by atoms with van der Waals surface area (Å²) in [6, 6.07) is 20.6. The number of benzene rings is 2. The molecule has 7 heteroatoms. The van der Waals surface area contributed by atoms with E-state index in [1.165, 1.54) is 0 Å². The average molecular weight is 438 g/mol. The van der Waals surface area contributed by atoms with Gasteiger partial charge in [-0.25, -0.2) is 4.98 Å². The second-order valence-corrected chi connectivity index (χ2v) is 8.39. The molecule has 1 aromatic heterocycles. The summed E-state index contributed by atoms with van der Waals surface area (Å²) < 4.78 is 0. The first-order chi connectivity index (χ1) is 14.6. The van der Waals surface area contributed by atoms with Gasteiger partial charge in [-0.2, -0.15) is 0 Å². The molecule has 4 rings (SSSR count). The van der Waals surface area contributed by atoms with Crippen LogP contribution >= 0.6 is 23.4 Å². The van der Waals surface area contributed by atoms with Crippen LogP contribution in [0.1, 0.15) is 12.0 Å². The second kappa shape index (κ2) is 9.32. The Balaban J connectivity index is 1.38. The van der Waals surface area contributed by atoms with Crippen molar-refractivity contribution in [1.82, 2.24) is 4.98 Å². The molecule has 3 aromatic rings. The van der Waals surface area contributed by atoms with Crippen LogP contribution in [0, 0.1) is 5.92 Å². The molecule has 1 aliphatic heterocycles. The first-order valence-electron chi connectivity index (χ1n) is 9.61. The van der Waals surface area contributed by atoms with E-state index in [1.807, 2.05) is 42.5 Å². The maximum absolute atomic E-state index is 12.8. The molecule has 2 heterocycles. The molecule has 0 saturated carbocycles. The van der Waals surface area contributed by atoms with Gasteiger partial charge in [0.25, 0.3) is 0 Å². The summed E-state index contributed by atoms with van der Waals surface area (Å²) >= 11 is 7.55. The van der Waals surface area contributed by atoms with E-state index in [0.717, 1.165) is 22.0 Å². The second-order valence-electron chi connectivity index (χ2n) is 6.95. The first kappa shape index (κ1) is 20.4. The molecule has 1 N–H and O–H groups in total. The Labute approximate surface area is 184 Å². The van der Waals surface area contributed by atoms with Crippen molar-refractivity contribution >= 4 is 46.6 Å². The highest BCUT2D eigenvalue weighted by Crippen LogP contribution is 2.28. The minimum Gasteiger partial charge on any atom is -0.325 e. The highest BCUT2D eigenvalue weighted by molar-refractivity contribution is 7.98. The van der Waals surface area contributed by atoms with Crippen LogP contribution in [-0.4, -0.2) is 23.3 Å². The molecule has 152 valence electrons. The van der Waals surface area contributed by atoms with Crippen LogP contribution in [-0.2, 0) is 15.3 Å². The molecular formula is C23H20ClN3O2S. The van der Waals surface area contributed by atoms with Crippen molar-refractivity contribution in [3.05, 3.63) is 83.5 Å². The first-order valence-corrected chi connectivity index (χ1v) is 11.0. The van der Waals surface area contributed by atoms with Gasteiger partial charge in [-0.15, -0.1) is 11.8 Å². The van der Waals surface area contributed by atoms with Gasteiger partial charge in [0, 0.05) is 34.9 Å². The minimum atomic E-state index is -0.688. The van der Waals surface area contributed by atoms with Gasteiger partial charge in [0.2, 0.25) is 11.8 Å². The van der Waals surface area contributed by atoms with Crippen molar-refractivity contribution in [3.63, 3.8) is 0 Å². The van der Waals surface area contributed by atoms with Gasteiger partial charge in [0.1, 0.15) is 5.92 Å². The lowest BCUT2D eigenvalue weighted by atomic mass is 10.1. The van der Waals surface area contributed by atoms with Gasteiger partial charge in [0.15, 0.2) is 0 Å². The molecule has 2 amide bonds. The topological polar surface area (TPSA) is 62.3 Å². The van der Waals surface area contributed by atoms with Gasteiger partial charge >= 0.3 is 0 Å². The van der Waals surface area contributed by atoms with Gasteiger partial charge in [-0.1, -0.05) is 29.8 Å². The zero-order valence-electron chi connectivity index (χ0n) is 16.1. The van der Waals surface area contributed by atoms with Crippen LogP contribution in [0.25, 0.3) is 0 Å². The molecule has 1 unspecified atom stereocenters. The van der Waals surface area contributed by atoms with E-state index in [-0.39, 0.29) is 11.8 Å². The number of nitrogens with zero attached hydrogens (tertiary/aromatic N) is 2. The molecule has 0 radical (unpaired) electrons. The molecule has 0 bridgehead atoms. The summed E-state index contributed by atoms with van der Waals surface area (Å²) in [4.78, 5) is 31.5. The van der Waals surface area contributed by atoms with Crippen LogP contribution < -0.4 is 10.2 Å². The molecule has 1 fully saturated rings. The summed E-state index contributed by atoms with van der Waals surface area (Å²) in [6.45, 7) is 0.513. The Morgan fingerprint density at radius 1 is 1.13 bits per heavy atom. The Hall–Kier alpha value is -2.83. The summed E-state index contributed by atoms with van der Waals surface area (Å²) in [5.74, 6) is -0.400. The number of amides is 2.